The van der Waals surface area contributed by atoms with Crippen LogP contribution in [-0.2, 0) is 0 Å². The van der Waals surface area contributed by atoms with Gasteiger partial charge in [-0.1, -0.05) is 0 Å². The van der Waals surface area contributed by atoms with E-state index in [-0.39, 0.29) is 0 Å². The van der Waals surface area contributed by atoms with E-state index in [9.17, 15) is 0 Å². The zero-order valence-corrected chi connectivity index (χ0v) is 6.12. The lowest BCUT2D eigenvalue weighted by Gasteiger charge is -1.83. The predicted octanol–water partition coefficient (Wildman–Crippen LogP) is 2.42. The monoisotopic (exact) mass is 141 g/mol. The lowest BCUT2D eigenvalue weighted by Crippen LogP contribution is -1.70. The van der Waals surface area contributed by atoms with Crippen molar-refractivity contribution >= 4 is 16.5 Å². The van der Waals surface area contributed by atoms with E-state index in [0.717, 1.165) is 11.3 Å². The molecular formula is C5H7N3S. The largest absolute Gasteiger partial charge is 0.203 e. The highest BCUT2D eigenvalue weighted by Crippen LogP contribution is 2.25. The van der Waals surface area contributed by atoms with Crippen LogP contribution in [0.2, 0.25) is 0 Å². The number of nitrogens with zero attached hydrogens (tertiary/aromatic N) is 2. The first-order chi connectivity index (χ1) is 4.25. The van der Waals surface area contributed by atoms with Gasteiger partial charge in [-0.05, 0) is 25.4 Å². The average Bonchev–Trinajstić information content (AvgIpc) is 2.15. The van der Waals surface area contributed by atoms with E-state index in [0.29, 0.717) is 5.00 Å². The molecule has 1 aromatic heterocycles. The van der Waals surface area contributed by atoms with Crippen molar-refractivity contribution in [1.82, 2.24) is 4.37 Å². The molecule has 3 nitrogen and oxygen atoms in total. The molecule has 48 valence electrons. The van der Waals surface area contributed by atoms with Crippen LogP contribution in [0.1, 0.15) is 11.3 Å². The Morgan fingerprint density at radius 1 is 1.56 bits per heavy atom. The van der Waals surface area contributed by atoms with Gasteiger partial charge in [0.2, 0.25) is 0 Å². The van der Waals surface area contributed by atoms with Gasteiger partial charge in [-0.25, -0.2) is 5.53 Å². The molecule has 0 amide bonds. The second kappa shape index (κ2) is 2.23. The highest BCUT2D eigenvalue weighted by Gasteiger charge is 2.02. The van der Waals surface area contributed by atoms with Crippen LogP contribution in [0, 0.1) is 19.4 Å². The number of hydrogen-bond acceptors (Lipinski definition) is 4. The van der Waals surface area contributed by atoms with Crippen LogP contribution >= 0.6 is 11.5 Å². The molecule has 0 aliphatic carbocycles. The normalized spacial score (nSPS) is 9.56. The summed E-state index contributed by atoms with van der Waals surface area (Å²) in [6.07, 6.45) is 0. The quantitative estimate of drug-likeness (QED) is 0.600. The van der Waals surface area contributed by atoms with E-state index < -0.39 is 0 Å². The molecule has 0 saturated carbocycles. The maximum absolute atomic E-state index is 6.69. The Morgan fingerprint density at radius 2 is 2.22 bits per heavy atom. The average molecular weight is 141 g/mol. The molecular weight excluding hydrogens is 134 g/mol. The molecule has 9 heavy (non-hydrogen) atoms. The van der Waals surface area contributed by atoms with Gasteiger partial charge in [-0.15, -0.1) is 5.11 Å². The Labute approximate surface area is 57.4 Å². The van der Waals surface area contributed by atoms with Crippen molar-refractivity contribution < 1.29 is 0 Å². The van der Waals surface area contributed by atoms with E-state index in [4.69, 9.17) is 5.53 Å². The van der Waals surface area contributed by atoms with Gasteiger partial charge in [-0.2, -0.15) is 4.37 Å². The van der Waals surface area contributed by atoms with Gasteiger partial charge >= 0.3 is 0 Å². The van der Waals surface area contributed by atoms with Crippen molar-refractivity contribution in [1.29, 1.82) is 5.53 Å². The summed E-state index contributed by atoms with van der Waals surface area (Å²) in [5, 5.41) is 4.01. The van der Waals surface area contributed by atoms with Crippen molar-refractivity contribution in [2.75, 3.05) is 0 Å². The van der Waals surface area contributed by atoms with Gasteiger partial charge in [0.05, 0.1) is 5.69 Å². The first-order valence-corrected chi connectivity index (χ1v) is 3.33. The minimum Gasteiger partial charge on any atom is -0.203 e. The van der Waals surface area contributed by atoms with E-state index in [1.165, 1.54) is 11.5 Å². The third-order valence-electron chi connectivity index (χ3n) is 1.23. The molecule has 0 aromatic carbocycles. The summed E-state index contributed by atoms with van der Waals surface area (Å²) in [6, 6.07) is 0. The summed E-state index contributed by atoms with van der Waals surface area (Å²) < 4.78 is 4.01. The predicted molar refractivity (Wildman–Crippen MR) is 36.4 cm³/mol. The van der Waals surface area contributed by atoms with Gasteiger partial charge in [-0.3, -0.25) is 0 Å². The van der Waals surface area contributed by atoms with E-state index in [1.807, 2.05) is 13.8 Å². The van der Waals surface area contributed by atoms with E-state index >= 15 is 0 Å². The fourth-order valence-electron chi connectivity index (χ4n) is 0.508. The number of rotatable bonds is 1. The molecule has 4 heteroatoms. The molecule has 0 atom stereocenters. The molecule has 0 unspecified atom stereocenters. The zero-order valence-electron chi connectivity index (χ0n) is 5.30. The first kappa shape index (κ1) is 6.35. The molecule has 1 N–H and O–H groups in total. The molecule has 0 aliphatic heterocycles. The van der Waals surface area contributed by atoms with Crippen LogP contribution in [0.3, 0.4) is 0 Å². The maximum Gasteiger partial charge on any atom is 0.161 e. The van der Waals surface area contributed by atoms with Gasteiger partial charge in [0.25, 0.3) is 0 Å². The second-order valence-corrected chi connectivity index (χ2v) is 2.56. The van der Waals surface area contributed by atoms with Crippen LogP contribution in [0.15, 0.2) is 5.11 Å². The molecule has 0 aliphatic rings. The Bertz CT molecular complexity index is 228. The number of aromatic nitrogens is 1. The minimum atomic E-state index is 0.715. The number of hydrogen-bond donors (Lipinski definition) is 1. The van der Waals surface area contributed by atoms with Crippen LogP contribution < -0.4 is 0 Å². The highest BCUT2D eigenvalue weighted by molar-refractivity contribution is 7.10. The molecule has 0 saturated heterocycles. The fourth-order valence-corrected chi connectivity index (χ4v) is 1.19. The Balaban J connectivity index is 3.18. The van der Waals surface area contributed by atoms with E-state index in [2.05, 4.69) is 9.49 Å². The van der Waals surface area contributed by atoms with Crippen LogP contribution in [0.5, 0.6) is 0 Å². The number of aryl methyl sites for hydroxylation is 1. The Morgan fingerprint density at radius 3 is 2.44 bits per heavy atom. The van der Waals surface area contributed by atoms with Crippen molar-refractivity contribution in [2.45, 2.75) is 13.8 Å². The standard InChI is InChI=1S/C5H7N3S/c1-3-4(2)8-9-5(3)7-6/h6H,1-2H3. The zero-order chi connectivity index (χ0) is 6.85. The van der Waals surface area contributed by atoms with Crippen molar-refractivity contribution in [3.05, 3.63) is 11.3 Å². The van der Waals surface area contributed by atoms with Crippen molar-refractivity contribution in [3.8, 4) is 0 Å². The van der Waals surface area contributed by atoms with Crippen molar-refractivity contribution in [2.24, 2.45) is 5.11 Å². The lowest BCUT2D eigenvalue weighted by molar-refractivity contribution is 1.15. The SMILES string of the molecule is Cc1nsc(N=N)c1C. The third kappa shape index (κ3) is 0.977. The molecule has 0 bridgehead atoms. The third-order valence-corrected chi connectivity index (χ3v) is 2.17. The summed E-state index contributed by atoms with van der Waals surface area (Å²) in [7, 11) is 0. The topological polar surface area (TPSA) is 49.1 Å². The minimum absolute atomic E-state index is 0.715. The fraction of sp³-hybridized carbons (Fsp3) is 0.400. The maximum atomic E-state index is 6.69. The molecule has 0 spiro atoms. The molecule has 1 rings (SSSR count). The molecule has 0 radical (unpaired) electrons. The Hall–Kier alpha value is -0.770. The number of nitrogens with one attached hydrogen (secondary N) is 1. The van der Waals surface area contributed by atoms with Gasteiger partial charge in [0.1, 0.15) is 0 Å². The van der Waals surface area contributed by atoms with Crippen LogP contribution in [0.4, 0.5) is 5.00 Å². The first-order valence-electron chi connectivity index (χ1n) is 2.56. The molecule has 1 heterocycles. The molecule has 1 aromatic rings. The molecule has 0 fully saturated rings. The summed E-state index contributed by atoms with van der Waals surface area (Å²) in [6.45, 7) is 3.84. The van der Waals surface area contributed by atoms with Gasteiger partial charge < -0.3 is 0 Å². The summed E-state index contributed by atoms with van der Waals surface area (Å²) >= 11 is 1.27. The summed E-state index contributed by atoms with van der Waals surface area (Å²) in [5.74, 6) is 0. The smallest absolute Gasteiger partial charge is 0.161 e. The lowest BCUT2D eigenvalue weighted by atomic mass is 10.3. The van der Waals surface area contributed by atoms with Gasteiger partial charge in [0, 0.05) is 5.56 Å². The van der Waals surface area contributed by atoms with Crippen molar-refractivity contribution in [3.63, 3.8) is 0 Å². The van der Waals surface area contributed by atoms with Crippen LogP contribution in [-0.4, -0.2) is 4.37 Å². The van der Waals surface area contributed by atoms with Gasteiger partial charge in [0.15, 0.2) is 5.00 Å². The van der Waals surface area contributed by atoms with E-state index in [1.54, 1.807) is 0 Å². The van der Waals surface area contributed by atoms with Crippen LogP contribution in [0.25, 0.3) is 0 Å². The summed E-state index contributed by atoms with van der Waals surface area (Å²) in [5.41, 5.74) is 8.69. The highest BCUT2D eigenvalue weighted by atomic mass is 32.1. The Kier molecular flexibility index (Phi) is 1.57. The summed E-state index contributed by atoms with van der Waals surface area (Å²) in [4.78, 5) is 0. The second-order valence-electron chi connectivity index (χ2n) is 1.81.